The van der Waals surface area contributed by atoms with Gasteiger partial charge in [0.25, 0.3) is 5.91 Å². The summed E-state index contributed by atoms with van der Waals surface area (Å²) in [5, 5.41) is 22.3. The molecule has 3 aromatic carbocycles. The minimum Gasteiger partial charge on any atom is -0.493 e. The lowest BCUT2D eigenvalue weighted by Crippen LogP contribution is -2.29. The van der Waals surface area contributed by atoms with Gasteiger partial charge >= 0.3 is 0 Å². The standard InChI is InChI=1S/C25H21ClN4O3/c26-19-12-10-17(11-13-19)14-22(31)27-15-23(32)28-29-24-20-8-4-5-9-21(20)30(25(24)33)16-18-6-2-1-3-7-18/h1-13,33H,14-16H2,(H,27,31). The molecule has 0 saturated carbocycles. The van der Waals surface area contributed by atoms with Crippen molar-refractivity contribution in [2.45, 2.75) is 13.0 Å². The van der Waals surface area contributed by atoms with Crippen LogP contribution < -0.4 is 5.32 Å². The van der Waals surface area contributed by atoms with Gasteiger partial charge < -0.3 is 15.0 Å². The highest BCUT2D eigenvalue weighted by molar-refractivity contribution is 6.30. The third-order valence-corrected chi connectivity index (χ3v) is 5.33. The fourth-order valence-electron chi connectivity index (χ4n) is 3.46. The highest BCUT2D eigenvalue weighted by Crippen LogP contribution is 2.39. The van der Waals surface area contributed by atoms with Crippen LogP contribution >= 0.6 is 11.6 Å². The fourth-order valence-corrected chi connectivity index (χ4v) is 3.59. The Morgan fingerprint density at radius 1 is 0.909 bits per heavy atom. The summed E-state index contributed by atoms with van der Waals surface area (Å²) in [4.78, 5) is 24.3. The van der Waals surface area contributed by atoms with E-state index in [1.54, 1.807) is 28.8 Å². The first kappa shape index (κ1) is 22.2. The van der Waals surface area contributed by atoms with Crippen LogP contribution in [0, 0.1) is 0 Å². The van der Waals surface area contributed by atoms with Crippen molar-refractivity contribution in [1.82, 2.24) is 9.88 Å². The van der Waals surface area contributed by atoms with Crippen molar-refractivity contribution in [2.24, 2.45) is 10.2 Å². The van der Waals surface area contributed by atoms with Gasteiger partial charge in [0.15, 0.2) is 5.69 Å². The Kier molecular flexibility index (Phi) is 6.80. The molecular weight excluding hydrogens is 440 g/mol. The van der Waals surface area contributed by atoms with Crippen molar-refractivity contribution in [2.75, 3.05) is 6.54 Å². The largest absolute Gasteiger partial charge is 0.493 e. The summed E-state index contributed by atoms with van der Waals surface area (Å²) in [5.74, 6) is -1.02. The maximum atomic E-state index is 12.2. The molecule has 0 aliphatic rings. The number of hydrogen-bond acceptors (Lipinski definition) is 4. The number of aromatic hydroxyl groups is 1. The van der Waals surface area contributed by atoms with Crippen molar-refractivity contribution >= 4 is 40.0 Å². The smallest absolute Gasteiger partial charge is 0.283 e. The summed E-state index contributed by atoms with van der Waals surface area (Å²) in [7, 11) is 0. The first-order chi connectivity index (χ1) is 16.0. The predicted octanol–water partition coefficient (Wildman–Crippen LogP) is 5.02. The van der Waals surface area contributed by atoms with Gasteiger partial charge in [0.1, 0.15) is 6.54 Å². The van der Waals surface area contributed by atoms with Crippen molar-refractivity contribution < 1.29 is 14.7 Å². The zero-order valence-corrected chi connectivity index (χ0v) is 18.4. The van der Waals surface area contributed by atoms with Gasteiger partial charge in [-0.3, -0.25) is 9.59 Å². The molecule has 1 aromatic heterocycles. The molecule has 4 rings (SSSR count). The Labute approximate surface area is 195 Å². The highest BCUT2D eigenvalue weighted by Gasteiger charge is 2.17. The van der Waals surface area contributed by atoms with Crippen LogP contribution in [-0.2, 0) is 22.6 Å². The first-order valence-electron chi connectivity index (χ1n) is 10.3. The number of amides is 2. The Bertz CT molecular complexity index is 1320. The number of hydrogen-bond donors (Lipinski definition) is 2. The lowest BCUT2D eigenvalue weighted by molar-refractivity contribution is -0.124. The van der Waals surface area contributed by atoms with Crippen LogP contribution in [-0.4, -0.2) is 28.0 Å². The molecule has 7 nitrogen and oxygen atoms in total. The molecule has 0 unspecified atom stereocenters. The number of benzene rings is 3. The number of halogens is 1. The first-order valence-corrected chi connectivity index (χ1v) is 10.7. The number of azo groups is 1. The average Bonchev–Trinajstić information content (AvgIpc) is 3.09. The van der Waals surface area contributed by atoms with Crippen LogP contribution in [0.1, 0.15) is 11.1 Å². The van der Waals surface area contributed by atoms with E-state index in [0.29, 0.717) is 17.0 Å². The van der Waals surface area contributed by atoms with Gasteiger partial charge in [-0.05, 0) is 29.3 Å². The normalized spacial score (nSPS) is 11.2. The molecule has 0 atom stereocenters. The van der Waals surface area contributed by atoms with Crippen molar-refractivity contribution in [3.8, 4) is 5.88 Å². The van der Waals surface area contributed by atoms with E-state index < -0.39 is 5.91 Å². The van der Waals surface area contributed by atoms with Gasteiger partial charge in [0, 0.05) is 10.4 Å². The van der Waals surface area contributed by atoms with E-state index >= 15 is 0 Å². The van der Waals surface area contributed by atoms with Gasteiger partial charge in [-0.25, -0.2) is 0 Å². The minimum absolute atomic E-state index is 0.0802. The van der Waals surface area contributed by atoms with Gasteiger partial charge in [0.05, 0.1) is 18.5 Å². The van der Waals surface area contributed by atoms with E-state index in [0.717, 1.165) is 16.6 Å². The topological polar surface area (TPSA) is 96.1 Å². The van der Waals surface area contributed by atoms with Crippen LogP contribution in [0.5, 0.6) is 5.88 Å². The summed E-state index contributed by atoms with van der Waals surface area (Å²) in [5.41, 5.74) is 2.78. The summed E-state index contributed by atoms with van der Waals surface area (Å²) in [6.45, 7) is 0.150. The Morgan fingerprint density at radius 3 is 2.36 bits per heavy atom. The van der Waals surface area contributed by atoms with E-state index in [9.17, 15) is 14.7 Å². The van der Waals surface area contributed by atoms with Crippen molar-refractivity contribution in [3.63, 3.8) is 0 Å². The second kappa shape index (κ2) is 10.1. The molecule has 0 aliphatic heterocycles. The van der Waals surface area contributed by atoms with Crippen LogP contribution in [0.2, 0.25) is 5.02 Å². The fraction of sp³-hybridized carbons (Fsp3) is 0.120. The number of rotatable bonds is 7. The lowest BCUT2D eigenvalue weighted by Gasteiger charge is -2.06. The summed E-state index contributed by atoms with van der Waals surface area (Å²) >= 11 is 5.84. The van der Waals surface area contributed by atoms with Gasteiger partial charge in [-0.15, -0.1) is 10.2 Å². The third kappa shape index (κ3) is 5.45. The van der Waals surface area contributed by atoms with E-state index in [2.05, 4.69) is 15.5 Å². The quantitative estimate of drug-likeness (QED) is 0.379. The molecule has 0 radical (unpaired) electrons. The second-order valence-electron chi connectivity index (χ2n) is 7.43. The third-order valence-electron chi connectivity index (χ3n) is 5.08. The molecule has 8 heteroatoms. The number of fused-ring (bicyclic) bond motifs is 1. The van der Waals surface area contributed by atoms with Crippen LogP contribution in [0.3, 0.4) is 0 Å². The maximum absolute atomic E-state index is 12.2. The Balaban J connectivity index is 1.45. The molecular formula is C25H21ClN4O3. The number of carbonyl (C=O) groups is 2. The van der Waals surface area contributed by atoms with Crippen molar-refractivity contribution in [3.05, 3.63) is 95.0 Å². The van der Waals surface area contributed by atoms with Gasteiger partial charge in [0.2, 0.25) is 11.8 Å². The van der Waals surface area contributed by atoms with Crippen LogP contribution in [0.4, 0.5) is 5.69 Å². The van der Waals surface area contributed by atoms with Gasteiger partial charge in [-0.2, -0.15) is 0 Å². The average molecular weight is 461 g/mol. The van der Waals surface area contributed by atoms with E-state index in [-0.39, 0.29) is 30.4 Å². The molecule has 0 spiro atoms. The molecule has 0 aliphatic carbocycles. The van der Waals surface area contributed by atoms with Crippen LogP contribution in [0.15, 0.2) is 89.1 Å². The van der Waals surface area contributed by atoms with Crippen LogP contribution in [0.25, 0.3) is 10.9 Å². The van der Waals surface area contributed by atoms with E-state index in [4.69, 9.17) is 11.6 Å². The molecule has 2 N–H and O–H groups in total. The molecule has 4 aromatic rings. The van der Waals surface area contributed by atoms with Gasteiger partial charge in [-0.1, -0.05) is 72.3 Å². The number of para-hydroxylation sites is 1. The maximum Gasteiger partial charge on any atom is 0.283 e. The molecule has 0 bridgehead atoms. The highest BCUT2D eigenvalue weighted by atomic mass is 35.5. The monoisotopic (exact) mass is 460 g/mol. The zero-order valence-electron chi connectivity index (χ0n) is 17.6. The number of carbonyl (C=O) groups excluding carboxylic acids is 2. The molecule has 33 heavy (non-hydrogen) atoms. The predicted molar refractivity (Wildman–Crippen MR) is 127 cm³/mol. The minimum atomic E-state index is -0.626. The van der Waals surface area contributed by atoms with E-state index in [1.165, 1.54) is 0 Å². The Hall–Kier alpha value is -3.97. The lowest BCUT2D eigenvalue weighted by atomic mass is 10.1. The second-order valence-corrected chi connectivity index (χ2v) is 7.87. The molecule has 1 heterocycles. The SMILES string of the molecule is O=C(CNC(=O)Cc1ccc(Cl)cc1)N=Nc1c(O)n(Cc2ccccc2)c2ccccc12. The Morgan fingerprint density at radius 2 is 1.61 bits per heavy atom. The summed E-state index contributed by atoms with van der Waals surface area (Å²) in [6, 6.07) is 24.0. The number of nitrogens with one attached hydrogen (secondary N) is 1. The van der Waals surface area contributed by atoms with E-state index in [1.807, 2.05) is 54.6 Å². The summed E-state index contributed by atoms with van der Waals surface area (Å²) < 4.78 is 1.72. The zero-order chi connectivity index (χ0) is 23.2. The number of aromatic nitrogens is 1. The molecule has 166 valence electrons. The van der Waals surface area contributed by atoms with Crippen molar-refractivity contribution in [1.29, 1.82) is 0 Å². The summed E-state index contributed by atoms with van der Waals surface area (Å²) in [6.07, 6.45) is 0.120. The molecule has 2 amide bonds. The molecule has 0 fully saturated rings. The number of nitrogens with zero attached hydrogens (tertiary/aromatic N) is 3. The molecule has 0 saturated heterocycles.